The molecule has 0 fully saturated rings. The summed E-state index contributed by atoms with van der Waals surface area (Å²) in [5.74, 6) is -2.47. The maximum Gasteiger partial charge on any atom is 0.257 e. The summed E-state index contributed by atoms with van der Waals surface area (Å²) in [6.45, 7) is 0. The van der Waals surface area contributed by atoms with Gasteiger partial charge in [0.1, 0.15) is 5.82 Å². The van der Waals surface area contributed by atoms with E-state index in [2.05, 4.69) is 10.3 Å². The third-order valence-electron chi connectivity index (χ3n) is 2.26. The Kier molecular flexibility index (Phi) is 3.97. The summed E-state index contributed by atoms with van der Waals surface area (Å²) in [5.41, 5.74) is -0.197. The Balaban J connectivity index is 2.32. The molecule has 0 saturated carbocycles. The van der Waals surface area contributed by atoms with Gasteiger partial charge in [0.2, 0.25) is 0 Å². The fraction of sp³-hybridized carbons (Fsp3) is 0. The molecule has 0 radical (unpaired) electrons. The van der Waals surface area contributed by atoms with E-state index >= 15 is 0 Å². The first-order valence-corrected chi connectivity index (χ1v) is 5.80. The number of hydrogen-bond acceptors (Lipinski definition) is 2. The van der Waals surface area contributed by atoms with Crippen LogP contribution in [0.25, 0.3) is 0 Å². The van der Waals surface area contributed by atoms with Crippen molar-refractivity contribution >= 4 is 34.8 Å². The number of halogens is 4. The van der Waals surface area contributed by atoms with Crippen LogP contribution in [0.1, 0.15) is 10.4 Å². The fourth-order valence-corrected chi connectivity index (χ4v) is 1.85. The molecule has 1 aromatic carbocycles. The lowest BCUT2D eigenvalue weighted by Crippen LogP contribution is -2.14. The summed E-state index contributed by atoms with van der Waals surface area (Å²) in [7, 11) is 0. The smallest absolute Gasteiger partial charge is 0.257 e. The molecule has 2 aromatic rings. The molecule has 19 heavy (non-hydrogen) atoms. The van der Waals surface area contributed by atoms with Gasteiger partial charge in [0.25, 0.3) is 5.91 Å². The number of hydrogen-bond donors (Lipinski definition) is 1. The lowest BCUT2D eigenvalue weighted by atomic mass is 10.2. The average Bonchev–Trinajstić information content (AvgIpc) is 2.34. The van der Waals surface area contributed by atoms with Crippen LogP contribution in [-0.2, 0) is 0 Å². The first-order chi connectivity index (χ1) is 8.99. The Bertz CT molecular complexity index is 626. The molecule has 0 spiro atoms. The Hall–Kier alpha value is -1.72. The van der Waals surface area contributed by atoms with E-state index < -0.39 is 17.5 Å². The molecule has 1 aromatic heterocycles. The molecule has 1 N–H and O–H groups in total. The highest BCUT2D eigenvalue weighted by atomic mass is 35.5. The molecular weight excluding hydrogens is 297 g/mol. The predicted molar refractivity (Wildman–Crippen MR) is 68.6 cm³/mol. The Labute approximate surface area is 117 Å². The maximum absolute atomic E-state index is 13.5. The number of carbonyl (C=O) groups excluding carboxylic acids is 1. The molecule has 98 valence electrons. The van der Waals surface area contributed by atoms with Gasteiger partial charge < -0.3 is 5.32 Å². The maximum atomic E-state index is 13.5. The van der Waals surface area contributed by atoms with Crippen LogP contribution < -0.4 is 5.32 Å². The van der Waals surface area contributed by atoms with Crippen molar-refractivity contribution in [3.8, 4) is 0 Å². The van der Waals surface area contributed by atoms with Crippen LogP contribution in [0.3, 0.4) is 0 Å². The highest BCUT2D eigenvalue weighted by Crippen LogP contribution is 2.27. The summed E-state index contributed by atoms with van der Waals surface area (Å²) in [6.07, 6.45) is 2.64. The zero-order valence-corrected chi connectivity index (χ0v) is 10.8. The van der Waals surface area contributed by atoms with Crippen LogP contribution in [0.4, 0.5) is 14.5 Å². The lowest BCUT2D eigenvalue weighted by molar-refractivity contribution is 0.102. The SMILES string of the molecule is O=C(Nc1c(F)cc(F)cc1Cl)c1ccncc1Cl. The van der Waals surface area contributed by atoms with Crippen LogP contribution in [-0.4, -0.2) is 10.9 Å². The van der Waals surface area contributed by atoms with E-state index in [1.807, 2.05) is 0 Å². The van der Waals surface area contributed by atoms with Gasteiger partial charge >= 0.3 is 0 Å². The van der Waals surface area contributed by atoms with E-state index in [0.29, 0.717) is 6.07 Å². The van der Waals surface area contributed by atoms with E-state index in [-0.39, 0.29) is 21.3 Å². The van der Waals surface area contributed by atoms with Gasteiger partial charge in [0.05, 0.1) is 21.3 Å². The number of nitrogens with one attached hydrogen (secondary N) is 1. The second-order valence-corrected chi connectivity index (χ2v) is 4.37. The molecule has 0 atom stereocenters. The molecule has 0 aliphatic rings. The molecule has 0 aliphatic heterocycles. The summed E-state index contributed by atoms with van der Waals surface area (Å²) < 4.78 is 26.4. The molecule has 0 saturated heterocycles. The van der Waals surface area contributed by atoms with E-state index in [1.54, 1.807) is 0 Å². The fourth-order valence-electron chi connectivity index (χ4n) is 1.40. The molecule has 2 rings (SSSR count). The molecule has 0 unspecified atom stereocenters. The van der Waals surface area contributed by atoms with Gasteiger partial charge in [-0.25, -0.2) is 8.78 Å². The third-order valence-corrected chi connectivity index (χ3v) is 2.86. The van der Waals surface area contributed by atoms with Gasteiger partial charge in [-0.2, -0.15) is 0 Å². The Morgan fingerprint density at radius 2 is 1.95 bits per heavy atom. The summed E-state index contributed by atoms with van der Waals surface area (Å²) >= 11 is 11.4. The van der Waals surface area contributed by atoms with Gasteiger partial charge in [0, 0.05) is 18.5 Å². The van der Waals surface area contributed by atoms with Crippen molar-refractivity contribution in [1.29, 1.82) is 0 Å². The average molecular weight is 303 g/mol. The zero-order chi connectivity index (χ0) is 14.0. The number of amides is 1. The van der Waals surface area contributed by atoms with Crippen molar-refractivity contribution < 1.29 is 13.6 Å². The minimum absolute atomic E-state index is 0.108. The standard InChI is InChI=1S/C12H6Cl2F2N2O/c13-8-3-6(15)4-10(16)11(8)18-12(19)7-1-2-17-5-9(7)14/h1-5H,(H,18,19). The summed E-state index contributed by atoms with van der Waals surface area (Å²) in [5, 5.41) is 2.11. The number of aromatic nitrogens is 1. The van der Waals surface area contributed by atoms with Gasteiger partial charge in [-0.3, -0.25) is 9.78 Å². The van der Waals surface area contributed by atoms with E-state index in [9.17, 15) is 13.6 Å². The molecule has 1 amide bonds. The minimum Gasteiger partial charge on any atom is -0.318 e. The highest BCUT2D eigenvalue weighted by Gasteiger charge is 2.16. The van der Waals surface area contributed by atoms with Crippen LogP contribution >= 0.6 is 23.2 Å². The molecule has 0 bridgehead atoms. The van der Waals surface area contributed by atoms with Crippen molar-refractivity contribution in [1.82, 2.24) is 4.98 Å². The quantitative estimate of drug-likeness (QED) is 0.913. The predicted octanol–water partition coefficient (Wildman–Crippen LogP) is 3.92. The number of nitrogens with zero attached hydrogens (tertiary/aromatic N) is 1. The summed E-state index contributed by atoms with van der Waals surface area (Å²) in [6, 6.07) is 2.89. The van der Waals surface area contributed by atoms with E-state index in [1.165, 1.54) is 18.5 Å². The minimum atomic E-state index is -0.969. The van der Waals surface area contributed by atoms with Crippen LogP contribution in [0, 0.1) is 11.6 Å². The number of carbonyl (C=O) groups is 1. The van der Waals surface area contributed by atoms with Crippen LogP contribution in [0.2, 0.25) is 10.0 Å². The largest absolute Gasteiger partial charge is 0.318 e. The van der Waals surface area contributed by atoms with Crippen molar-refractivity contribution in [3.63, 3.8) is 0 Å². The third kappa shape index (κ3) is 3.00. The molecule has 3 nitrogen and oxygen atoms in total. The number of rotatable bonds is 2. The van der Waals surface area contributed by atoms with Gasteiger partial charge in [0.15, 0.2) is 5.82 Å². The molecular formula is C12H6Cl2F2N2O. The number of pyridine rings is 1. The number of anilines is 1. The zero-order valence-electron chi connectivity index (χ0n) is 9.25. The molecule has 1 heterocycles. The second-order valence-electron chi connectivity index (χ2n) is 3.55. The summed E-state index contributed by atoms with van der Waals surface area (Å²) in [4.78, 5) is 15.6. The van der Waals surface area contributed by atoms with Gasteiger partial charge in [-0.15, -0.1) is 0 Å². The van der Waals surface area contributed by atoms with Crippen molar-refractivity contribution in [3.05, 3.63) is 57.8 Å². The molecule has 7 heteroatoms. The monoisotopic (exact) mass is 302 g/mol. The van der Waals surface area contributed by atoms with Crippen LogP contribution in [0.5, 0.6) is 0 Å². The number of benzene rings is 1. The van der Waals surface area contributed by atoms with E-state index in [0.717, 1.165) is 6.07 Å². The van der Waals surface area contributed by atoms with Crippen LogP contribution in [0.15, 0.2) is 30.6 Å². The highest BCUT2D eigenvalue weighted by molar-refractivity contribution is 6.35. The Morgan fingerprint density at radius 1 is 1.21 bits per heavy atom. The first-order valence-electron chi connectivity index (χ1n) is 5.04. The van der Waals surface area contributed by atoms with Crippen molar-refractivity contribution in [2.24, 2.45) is 0 Å². The lowest BCUT2D eigenvalue weighted by Gasteiger charge is -2.09. The van der Waals surface area contributed by atoms with Crippen molar-refractivity contribution in [2.45, 2.75) is 0 Å². The van der Waals surface area contributed by atoms with Crippen molar-refractivity contribution in [2.75, 3.05) is 5.32 Å². The topological polar surface area (TPSA) is 42.0 Å². The van der Waals surface area contributed by atoms with Gasteiger partial charge in [-0.05, 0) is 12.1 Å². The second kappa shape index (κ2) is 5.50. The molecule has 0 aliphatic carbocycles. The first kappa shape index (κ1) is 13.7. The van der Waals surface area contributed by atoms with Gasteiger partial charge in [-0.1, -0.05) is 23.2 Å². The normalized spacial score (nSPS) is 10.3. The van der Waals surface area contributed by atoms with E-state index in [4.69, 9.17) is 23.2 Å². The Morgan fingerprint density at radius 3 is 2.58 bits per heavy atom.